The van der Waals surface area contributed by atoms with Crippen molar-refractivity contribution in [3.63, 3.8) is 0 Å². The summed E-state index contributed by atoms with van der Waals surface area (Å²) in [5.41, 5.74) is -3.39. The van der Waals surface area contributed by atoms with E-state index in [1.54, 1.807) is 26.5 Å². The number of aromatic nitrogens is 1. The maximum atomic E-state index is 12.4. The van der Waals surface area contributed by atoms with Gasteiger partial charge in [0.05, 0.1) is 14.2 Å². The van der Waals surface area contributed by atoms with E-state index in [0.717, 1.165) is 5.56 Å². The van der Waals surface area contributed by atoms with Crippen LogP contribution >= 0.6 is 23.5 Å². The smallest absolute Gasteiger partial charge is 0.446 e. The van der Waals surface area contributed by atoms with Gasteiger partial charge in [-0.2, -0.15) is 13.2 Å². The van der Waals surface area contributed by atoms with Crippen molar-refractivity contribution in [2.75, 3.05) is 14.2 Å². The lowest BCUT2D eigenvalue weighted by atomic mass is 10.2. The molecule has 0 aliphatic heterocycles. The first-order valence-corrected chi connectivity index (χ1v) is 8.26. The highest BCUT2D eigenvalue weighted by Crippen LogP contribution is 2.38. The van der Waals surface area contributed by atoms with Gasteiger partial charge in [0.15, 0.2) is 0 Å². The number of methoxy groups -OCH3 is 2. The Morgan fingerprint density at radius 2 is 1.78 bits per heavy atom. The standard InChI is InChI=1S/C15H14F3NO2S2/c1-20-11-4-3-10(14(5-11)21-2)9-22-12-6-13(8-19-7-12)23-15(16,17)18/h3-8H,9H2,1-2H3. The second kappa shape index (κ2) is 7.83. The molecule has 0 radical (unpaired) electrons. The van der Waals surface area contributed by atoms with Crippen molar-refractivity contribution in [1.29, 1.82) is 0 Å². The van der Waals surface area contributed by atoms with Crippen LogP contribution in [0.4, 0.5) is 13.2 Å². The molecule has 0 bridgehead atoms. The Morgan fingerprint density at radius 1 is 1.04 bits per heavy atom. The van der Waals surface area contributed by atoms with Crippen LogP contribution < -0.4 is 9.47 Å². The summed E-state index contributed by atoms with van der Waals surface area (Å²) in [6.07, 6.45) is 2.75. The van der Waals surface area contributed by atoms with Crippen LogP contribution in [0.25, 0.3) is 0 Å². The molecule has 0 unspecified atom stereocenters. The van der Waals surface area contributed by atoms with Gasteiger partial charge in [-0.3, -0.25) is 4.98 Å². The molecule has 3 nitrogen and oxygen atoms in total. The van der Waals surface area contributed by atoms with Crippen LogP contribution in [0.1, 0.15) is 5.56 Å². The van der Waals surface area contributed by atoms with Crippen molar-refractivity contribution >= 4 is 23.5 Å². The van der Waals surface area contributed by atoms with Gasteiger partial charge in [0.1, 0.15) is 11.5 Å². The predicted molar refractivity (Wildman–Crippen MR) is 85.3 cm³/mol. The zero-order valence-corrected chi connectivity index (χ0v) is 14.0. The van der Waals surface area contributed by atoms with Crippen molar-refractivity contribution in [2.24, 2.45) is 0 Å². The van der Waals surface area contributed by atoms with Crippen LogP contribution in [0.3, 0.4) is 0 Å². The number of halogens is 3. The number of benzene rings is 1. The summed E-state index contributed by atoms with van der Waals surface area (Å²) in [7, 11) is 3.13. The Kier molecular flexibility index (Phi) is 6.06. The van der Waals surface area contributed by atoms with E-state index in [1.807, 2.05) is 12.1 Å². The van der Waals surface area contributed by atoms with E-state index in [4.69, 9.17) is 9.47 Å². The van der Waals surface area contributed by atoms with Gasteiger partial charge >= 0.3 is 5.51 Å². The first-order valence-electron chi connectivity index (χ1n) is 6.46. The fraction of sp³-hybridized carbons (Fsp3) is 0.267. The Hall–Kier alpha value is -1.54. The van der Waals surface area contributed by atoms with E-state index in [0.29, 0.717) is 22.1 Å². The Balaban J connectivity index is 2.08. The molecule has 1 heterocycles. The van der Waals surface area contributed by atoms with Crippen LogP contribution in [-0.4, -0.2) is 24.7 Å². The summed E-state index contributed by atoms with van der Waals surface area (Å²) in [5.74, 6) is 1.90. The second-order valence-electron chi connectivity index (χ2n) is 4.37. The highest BCUT2D eigenvalue weighted by atomic mass is 32.2. The van der Waals surface area contributed by atoms with E-state index in [9.17, 15) is 13.2 Å². The topological polar surface area (TPSA) is 31.4 Å². The average Bonchev–Trinajstić information content (AvgIpc) is 2.51. The van der Waals surface area contributed by atoms with Gasteiger partial charge in [0.25, 0.3) is 0 Å². The lowest BCUT2D eigenvalue weighted by Gasteiger charge is -2.10. The molecule has 0 aliphatic carbocycles. The van der Waals surface area contributed by atoms with Gasteiger partial charge in [0, 0.05) is 39.6 Å². The van der Waals surface area contributed by atoms with Gasteiger partial charge < -0.3 is 9.47 Å². The number of hydrogen-bond acceptors (Lipinski definition) is 5. The van der Waals surface area contributed by atoms with Crippen molar-refractivity contribution in [3.8, 4) is 11.5 Å². The minimum atomic E-state index is -4.32. The van der Waals surface area contributed by atoms with Crippen molar-refractivity contribution in [2.45, 2.75) is 21.1 Å². The zero-order chi connectivity index (χ0) is 16.9. The number of ether oxygens (including phenoxy) is 2. The molecular formula is C15H14F3NO2S2. The molecule has 124 valence electrons. The lowest BCUT2D eigenvalue weighted by molar-refractivity contribution is -0.0328. The fourth-order valence-electron chi connectivity index (χ4n) is 1.80. The third-order valence-corrected chi connectivity index (χ3v) is 4.51. The Bertz CT molecular complexity index is 665. The van der Waals surface area contributed by atoms with Gasteiger partial charge in [-0.05, 0) is 23.9 Å². The third kappa shape index (κ3) is 5.54. The van der Waals surface area contributed by atoms with E-state index < -0.39 is 5.51 Å². The SMILES string of the molecule is COc1ccc(CSc2cncc(SC(F)(F)F)c2)c(OC)c1. The predicted octanol–water partition coefficient (Wildman–Crippen LogP) is 5.00. The quantitative estimate of drug-likeness (QED) is 0.676. The van der Waals surface area contributed by atoms with Crippen molar-refractivity contribution < 1.29 is 22.6 Å². The third-order valence-electron chi connectivity index (χ3n) is 2.81. The van der Waals surface area contributed by atoms with Crippen LogP contribution in [-0.2, 0) is 5.75 Å². The number of alkyl halides is 3. The number of rotatable bonds is 6. The largest absolute Gasteiger partial charge is 0.497 e. The summed E-state index contributed by atoms with van der Waals surface area (Å²) in [5, 5.41) is 0. The fourth-order valence-corrected chi connectivity index (χ4v) is 3.35. The summed E-state index contributed by atoms with van der Waals surface area (Å²) in [4.78, 5) is 4.60. The summed E-state index contributed by atoms with van der Waals surface area (Å²) in [6.45, 7) is 0. The molecule has 2 rings (SSSR count). The summed E-state index contributed by atoms with van der Waals surface area (Å²) < 4.78 is 47.6. The Morgan fingerprint density at radius 3 is 2.43 bits per heavy atom. The molecule has 0 atom stereocenters. The molecule has 0 amide bonds. The number of nitrogens with zero attached hydrogens (tertiary/aromatic N) is 1. The van der Waals surface area contributed by atoms with Crippen LogP contribution in [0.15, 0.2) is 46.5 Å². The normalized spacial score (nSPS) is 11.3. The summed E-state index contributed by atoms with van der Waals surface area (Å²) in [6, 6.07) is 6.93. The van der Waals surface area contributed by atoms with Gasteiger partial charge in [0.2, 0.25) is 0 Å². The minimum absolute atomic E-state index is 0.0733. The number of pyridine rings is 1. The maximum absolute atomic E-state index is 12.4. The Labute approximate surface area is 140 Å². The molecular weight excluding hydrogens is 347 g/mol. The molecule has 2 aromatic rings. The molecule has 1 aromatic heterocycles. The highest BCUT2D eigenvalue weighted by molar-refractivity contribution is 8.00. The molecule has 23 heavy (non-hydrogen) atoms. The minimum Gasteiger partial charge on any atom is -0.497 e. The van der Waals surface area contributed by atoms with E-state index in [-0.39, 0.29) is 16.7 Å². The molecule has 0 aliphatic rings. The first-order chi connectivity index (χ1) is 10.9. The number of thioether (sulfide) groups is 2. The first kappa shape index (κ1) is 17.8. The zero-order valence-electron chi connectivity index (χ0n) is 12.4. The van der Waals surface area contributed by atoms with Crippen LogP contribution in [0, 0.1) is 0 Å². The monoisotopic (exact) mass is 361 g/mol. The molecule has 0 spiro atoms. The molecule has 0 saturated heterocycles. The van der Waals surface area contributed by atoms with Gasteiger partial charge in [-0.25, -0.2) is 0 Å². The van der Waals surface area contributed by atoms with Gasteiger partial charge in [-0.1, -0.05) is 6.07 Å². The van der Waals surface area contributed by atoms with Crippen molar-refractivity contribution in [3.05, 3.63) is 42.2 Å². The lowest BCUT2D eigenvalue weighted by Crippen LogP contribution is -1.99. The van der Waals surface area contributed by atoms with Crippen molar-refractivity contribution in [1.82, 2.24) is 4.98 Å². The molecule has 0 N–H and O–H groups in total. The number of hydrogen-bond donors (Lipinski definition) is 0. The molecule has 1 aromatic carbocycles. The van der Waals surface area contributed by atoms with E-state index >= 15 is 0 Å². The molecule has 0 saturated carbocycles. The maximum Gasteiger partial charge on any atom is 0.446 e. The highest BCUT2D eigenvalue weighted by Gasteiger charge is 2.29. The second-order valence-corrected chi connectivity index (χ2v) is 6.56. The molecule has 0 fully saturated rings. The summed E-state index contributed by atoms with van der Waals surface area (Å²) >= 11 is 1.22. The van der Waals surface area contributed by atoms with Crippen LogP contribution in [0.5, 0.6) is 11.5 Å². The van der Waals surface area contributed by atoms with Gasteiger partial charge in [-0.15, -0.1) is 11.8 Å². The average molecular weight is 361 g/mol. The van der Waals surface area contributed by atoms with E-state index in [1.165, 1.54) is 24.0 Å². The van der Waals surface area contributed by atoms with Crippen LogP contribution in [0.2, 0.25) is 0 Å². The molecule has 8 heteroatoms. The van der Waals surface area contributed by atoms with E-state index in [2.05, 4.69) is 4.98 Å².